The van der Waals surface area contributed by atoms with Crippen LogP contribution in [0.2, 0.25) is 0 Å². The summed E-state index contributed by atoms with van der Waals surface area (Å²) in [5, 5.41) is 0. The number of methoxy groups -OCH3 is 1. The number of hydrogen-bond acceptors (Lipinski definition) is 5. The maximum atomic E-state index is 13.8. The van der Waals surface area contributed by atoms with Crippen LogP contribution in [0, 0.1) is 5.82 Å². The van der Waals surface area contributed by atoms with Crippen molar-refractivity contribution < 1.29 is 28.2 Å². The molecule has 0 radical (unpaired) electrons. The molecule has 1 saturated heterocycles. The van der Waals surface area contributed by atoms with Gasteiger partial charge in [0.1, 0.15) is 30.8 Å². The van der Waals surface area contributed by atoms with Crippen LogP contribution in [0.25, 0.3) is 0 Å². The molecular weight excluding hydrogens is 437 g/mol. The molecule has 176 valence electrons. The molecule has 1 aliphatic heterocycles. The molecule has 0 aromatic heterocycles. The molecule has 1 fully saturated rings. The van der Waals surface area contributed by atoms with Crippen molar-refractivity contribution in [2.45, 2.75) is 38.1 Å². The number of benzene rings is 3. The van der Waals surface area contributed by atoms with Crippen LogP contribution in [0.1, 0.15) is 35.6 Å². The molecule has 2 atom stereocenters. The van der Waals surface area contributed by atoms with Gasteiger partial charge in [0.15, 0.2) is 0 Å². The minimum Gasteiger partial charge on any atom is -0.489 e. The first-order valence-electron chi connectivity index (χ1n) is 11.1. The van der Waals surface area contributed by atoms with Crippen molar-refractivity contribution >= 4 is 12.1 Å². The molecule has 34 heavy (non-hydrogen) atoms. The second-order valence-electron chi connectivity index (χ2n) is 8.03. The van der Waals surface area contributed by atoms with Gasteiger partial charge in [-0.15, -0.1) is 0 Å². The third-order valence-electron chi connectivity index (χ3n) is 5.89. The molecule has 4 rings (SSSR count). The fourth-order valence-corrected chi connectivity index (χ4v) is 4.12. The van der Waals surface area contributed by atoms with Crippen molar-refractivity contribution in [3.63, 3.8) is 0 Å². The van der Waals surface area contributed by atoms with Crippen molar-refractivity contribution in [1.29, 1.82) is 0 Å². The minimum absolute atomic E-state index is 0.109. The Hall–Kier alpha value is -3.87. The van der Waals surface area contributed by atoms with E-state index in [1.54, 1.807) is 30.3 Å². The van der Waals surface area contributed by atoms with E-state index in [2.05, 4.69) is 0 Å². The lowest BCUT2D eigenvalue weighted by molar-refractivity contribution is -0.145. The average molecular weight is 464 g/mol. The van der Waals surface area contributed by atoms with Crippen molar-refractivity contribution in [1.82, 2.24) is 4.90 Å². The Morgan fingerprint density at radius 2 is 1.62 bits per heavy atom. The Labute approximate surface area is 197 Å². The highest BCUT2D eigenvalue weighted by Gasteiger charge is 2.43. The smallest absolute Gasteiger partial charge is 0.411 e. The molecule has 0 bridgehead atoms. The zero-order valence-electron chi connectivity index (χ0n) is 18.9. The van der Waals surface area contributed by atoms with Gasteiger partial charge in [0.2, 0.25) is 0 Å². The van der Waals surface area contributed by atoms with Crippen LogP contribution in [-0.4, -0.2) is 30.1 Å². The fraction of sp³-hybridized carbons (Fsp3) is 0.259. The van der Waals surface area contributed by atoms with Gasteiger partial charge in [0, 0.05) is 5.56 Å². The highest BCUT2D eigenvalue weighted by molar-refractivity contribution is 5.82. The van der Waals surface area contributed by atoms with Gasteiger partial charge in [-0.3, -0.25) is 4.90 Å². The Balaban J connectivity index is 1.46. The van der Waals surface area contributed by atoms with E-state index in [9.17, 15) is 14.0 Å². The Morgan fingerprint density at radius 1 is 0.912 bits per heavy atom. The topological polar surface area (TPSA) is 65.1 Å². The van der Waals surface area contributed by atoms with Crippen LogP contribution in [0.5, 0.6) is 5.75 Å². The number of esters is 1. The van der Waals surface area contributed by atoms with Gasteiger partial charge in [-0.2, -0.15) is 0 Å². The van der Waals surface area contributed by atoms with Gasteiger partial charge in [0.25, 0.3) is 0 Å². The quantitative estimate of drug-likeness (QED) is 0.438. The van der Waals surface area contributed by atoms with E-state index in [1.807, 2.05) is 42.5 Å². The van der Waals surface area contributed by atoms with Crippen molar-refractivity contribution in [3.05, 3.63) is 101 Å². The maximum Gasteiger partial charge on any atom is 0.411 e. The first-order chi connectivity index (χ1) is 16.6. The van der Waals surface area contributed by atoms with Gasteiger partial charge < -0.3 is 14.2 Å². The largest absolute Gasteiger partial charge is 0.489 e. The van der Waals surface area contributed by atoms with Crippen LogP contribution in [0.3, 0.4) is 0 Å². The number of halogens is 1. The lowest BCUT2D eigenvalue weighted by Crippen LogP contribution is -2.42. The van der Waals surface area contributed by atoms with E-state index in [-0.39, 0.29) is 25.1 Å². The first kappa shape index (κ1) is 23.3. The summed E-state index contributed by atoms with van der Waals surface area (Å²) in [5.41, 5.74) is 2.18. The summed E-state index contributed by atoms with van der Waals surface area (Å²) in [6.07, 6.45) is 0.500. The second kappa shape index (κ2) is 10.8. The van der Waals surface area contributed by atoms with Crippen molar-refractivity contribution in [2.75, 3.05) is 7.11 Å². The molecule has 0 N–H and O–H groups in total. The van der Waals surface area contributed by atoms with Crippen LogP contribution in [0.15, 0.2) is 78.9 Å². The molecule has 3 aromatic carbocycles. The zero-order chi connectivity index (χ0) is 23.9. The Morgan fingerprint density at radius 3 is 2.32 bits per heavy atom. The summed E-state index contributed by atoms with van der Waals surface area (Å²) in [7, 11) is 1.31. The SMILES string of the molecule is COC(=O)[C@@H]1CC[C@H](c2ccc(OCc3ccccc3F)cc2)N1C(=O)OCc1ccccc1. The maximum absolute atomic E-state index is 13.8. The fourth-order valence-electron chi connectivity index (χ4n) is 4.12. The number of rotatable bonds is 7. The van der Waals surface area contributed by atoms with Gasteiger partial charge in [0.05, 0.1) is 13.2 Å². The number of nitrogens with zero attached hydrogens (tertiary/aromatic N) is 1. The minimum atomic E-state index is -0.713. The van der Waals surface area contributed by atoms with Crippen LogP contribution < -0.4 is 4.74 Å². The summed E-state index contributed by atoms with van der Waals surface area (Å²) in [6, 6.07) is 22.0. The van der Waals surface area contributed by atoms with E-state index in [1.165, 1.54) is 18.1 Å². The number of hydrogen-bond donors (Lipinski definition) is 0. The number of ether oxygens (including phenoxy) is 3. The predicted octanol–water partition coefficient (Wildman–Crippen LogP) is 5.42. The Bertz CT molecular complexity index is 1120. The molecule has 7 heteroatoms. The average Bonchev–Trinajstić information content (AvgIpc) is 3.32. The molecule has 0 spiro atoms. The Kier molecular flexibility index (Phi) is 7.42. The molecular formula is C27H26FNO5. The standard InChI is InChI=1S/C27H26FNO5/c1-32-26(30)25-16-15-24(29(25)27(31)34-17-19-7-3-2-4-8-19)20-11-13-22(14-12-20)33-18-21-9-5-6-10-23(21)28/h2-14,24-25H,15-18H2,1H3/t24-,25+/m1/s1. The van der Waals surface area contributed by atoms with E-state index in [0.717, 1.165) is 11.1 Å². The third-order valence-corrected chi connectivity index (χ3v) is 5.89. The number of carbonyl (C=O) groups excluding carboxylic acids is 2. The summed E-state index contributed by atoms with van der Waals surface area (Å²) in [4.78, 5) is 26.8. The van der Waals surface area contributed by atoms with E-state index in [0.29, 0.717) is 24.2 Å². The first-order valence-corrected chi connectivity index (χ1v) is 11.1. The lowest BCUT2D eigenvalue weighted by Gasteiger charge is -2.28. The van der Waals surface area contributed by atoms with Gasteiger partial charge in [-0.1, -0.05) is 60.7 Å². The van der Waals surface area contributed by atoms with E-state index < -0.39 is 18.1 Å². The molecule has 0 aliphatic carbocycles. The molecule has 1 heterocycles. The van der Waals surface area contributed by atoms with Crippen LogP contribution in [0.4, 0.5) is 9.18 Å². The molecule has 3 aromatic rings. The van der Waals surface area contributed by atoms with Gasteiger partial charge in [-0.25, -0.2) is 14.0 Å². The van der Waals surface area contributed by atoms with Gasteiger partial charge >= 0.3 is 12.1 Å². The summed E-state index contributed by atoms with van der Waals surface area (Å²) >= 11 is 0. The zero-order valence-corrected chi connectivity index (χ0v) is 18.9. The second-order valence-corrected chi connectivity index (χ2v) is 8.03. The molecule has 1 amide bonds. The highest BCUT2D eigenvalue weighted by atomic mass is 19.1. The lowest BCUT2D eigenvalue weighted by atomic mass is 10.0. The van der Waals surface area contributed by atoms with Gasteiger partial charge in [-0.05, 0) is 42.2 Å². The highest BCUT2D eigenvalue weighted by Crippen LogP contribution is 2.38. The summed E-state index contributed by atoms with van der Waals surface area (Å²) in [5.74, 6) is -0.208. The number of carbonyl (C=O) groups is 2. The molecule has 0 unspecified atom stereocenters. The molecule has 1 aliphatic rings. The predicted molar refractivity (Wildman–Crippen MR) is 123 cm³/mol. The molecule has 6 nitrogen and oxygen atoms in total. The summed E-state index contributed by atoms with van der Waals surface area (Å²) in [6.45, 7) is 0.220. The number of likely N-dealkylation sites (tertiary alicyclic amines) is 1. The summed E-state index contributed by atoms with van der Waals surface area (Å²) < 4.78 is 30.0. The third kappa shape index (κ3) is 5.36. The van der Waals surface area contributed by atoms with Crippen LogP contribution in [-0.2, 0) is 27.5 Å². The van der Waals surface area contributed by atoms with Crippen molar-refractivity contribution in [2.24, 2.45) is 0 Å². The normalized spacial score (nSPS) is 17.3. The molecule has 0 saturated carbocycles. The number of amides is 1. The monoisotopic (exact) mass is 463 g/mol. The van der Waals surface area contributed by atoms with E-state index in [4.69, 9.17) is 14.2 Å². The van der Waals surface area contributed by atoms with E-state index >= 15 is 0 Å². The van der Waals surface area contributed by atoms with Crippen LogP contribution >= 0.6 is 0 Å². The van der Waals surface area contributed by atoms with Crippen molar-refractivity contribution in [3.8, 4) is 5.75 Å².